The molecule has 2 rings (SSSR count). The molecule has 0 saturated carbocycles. The lowest BCUT2D eigenvalue weighted by Gasteiger charge is -2.23. The average Bonchev–Trinajstić information content (AvgIpc) is 2.41. The molecule has 1 aromatic heterocycles. The summed E-state index contributed by atoms with van der Waals surface area (Å²) in [7, 11) is -2.90. The number of amides is 1. The molecule has 6 nitrogen and oxygen atoms in total. The van der Waals surface area contributed by atoms with Gasteiger partial charge in [-0.25, -0.2) is 8.42 Å². The first-order valence-electron chi connectivity index (χ1n) is 6.16. The lowest BCUT2D eigenvalue weighted by Crippen LogP contribution is -2.40. The van der Waals surface area contributed by atoms with Crippen LogP contribution in [0.5, 0.6) is 0 Å². The van der Waals surface area contributed by atoms with Crippen molar-refractivity contribution in [3.05, 3.63) is 29.6 Å². The first-order valence-corrected chi connectivity index (χ1v) is 7.98. The number of aromatic nitrogens is 1. The summed E-state index contributed by atoms with van der Waals surface area (Å²) in [6.45, 7) is 0.281. The zero-order valence-electron chi connectivity index (χ0n) is 10.5. The number of carbonyl (C=O) groups is 1. The van der Waals surface area contributed by atoms with Gasteiger partial charge in [0.15, 0.2) is 0 Å². The molecular weight excluding hydrogens is 266 g/mol. The van der Waals surface area contributed by atoms with Crippen molar-refractivity contribution in [2.45, 2.75) is 25.4 Å². The molecule has 0 spiro atoms. The molecule has 1 fully saturated rings. The van der Waals surface area contributed by atoms with E-state index in [0.29, 0.717) is 24.1 Å². The highest BCUT2D eigenvalue weighted by molar-refractivity contribution is 7.91. The van der Waals surface area contributed by atoms with Gasteiger partial charge in [-0.1, -0.05) is 0 Å². The quantitative estimate of drug-likeness (QED) is 0.803. The molecule has 104 valence electrons. The molecule has 1 aliphatic rings. The Morgan fingerprint density at radius 3 is 2.74 bits per heavy atom. The molecule has 19 heavy (non-hydrogen) atoms. The van der Waals surface area contributed by atoms with E-state index in [1.54, 1.807) is 18.3 Å². The minimum absolute atomic E-state index is 0.0782. The Morgan fingerprint density at radius 2 is 2.11 bits per heavy atom. The monoisotopic (exact) mass is 283 g/mol. The third-order valence-electron chi connectivity index (χ3n) is 3.18. The predicted molar refractivity (Wildman–Crippen MR) is 71.3 cm³/mol. The second-order valence-corrected chi connectivity index (χ2v) is 6.94. The standard InChI is InChI=1S/C12H17N3O3S/c13-8-11-7-9(1-4-14-11)12(16)15-10-2-5-19(17,18)6-3-10/h1,4,7,10H,2-3,5-6,8,13H2,(H,15,16). The van der Waals surface area contributed by atoms with Crippen molar-refractivity contribution in [1.82, 2.24) is 10.3 Å². The number of pyridine rings is 1. The normalized spacial score (nSPS) is 19.0. The van der Waals surface area contributed by atoms with Crippen LogP contribution >= 0.6 is 0 Å². The fourth-order valence-electron chi connectivity index (χ4n) is 2.03. The van der Waals surface area contributed by atoms with Crippen molar-refractivity contribution >= 4 is 15.7 Å². The highest BCUT2D eigenvalue weighted by Gasteiger charge is 2.24. The Hall–Kier alpha value is -1.47. The van der Waals surface area contributed by atoms with Crippen molar-refractivity contribution < 1.29 is 13.2 Å². The van der Waals surface area contributed by atoms with Crippen molar-refractivity contribution in [2.24, 2.45) is 5.73 Å². The summed E-state index contributed by atoms with van der Waals surface area (Å²) in [6.07, 6.45) is 2.49. The lowest BCUT2D eigenvalue weighted by atomic mass is 10.1. The van der Waals surface area contributed by atoms with Gasteiger partial charge in [-0.3, -0.25) is 9.78 Å². The molecule has 0 aromatic carbocycles. The van der Waals surface area contributed by atoms with Crippen LogP contribution in [-0.2, 0) is 16.4 Å². The third-order valence-corrected chi connectivity index (χ3v) is 4.89. The molecule has 7 heteroatoms. The molecule has 1 saturated heterocycles. The minimum atomic E-state index is -2.90. The van der Waals surface area contributed by atoms with Gasteiger partial charge >= 0.3 is 0 Å². The lowest BCUT2D eigenvalue weighted by molar-refractivity contribution is 0.0934. The number of hydrogen-bond donors (Lipinski definition) is 2. The minimum Gasteiger partial charge on any atom is -0.349 e. The van der Waals surface area contributed by atoms with E-state index in [4.69, 9.17) is 5.73 Å². The molecular formula is C12H17N3O3S. The van der Waals surface area contributed by atoms with E-state index in [9.17, 15) is 13.2 Å². The Bertz CT molecular complexity index is 557. The van der Waals surface area contributed by atoms with E-state index in [2.05, 4.69) is 10.3 Å². The molecule has 1 aromatic rings. The van der Waals surface area contributed by atoms with Crippen LogP contribution in [0.2, 0.25) is 0 Å². The van der Waals surface area contributed by atoms with Crippen molar-refractivity contribution in [1.29, 1.82) is 0 Å². The second kappa shape index (κ2) is 5.66. The van der Waals surface area contributed by atoms with Crippen LogP contribution in [0.3, 0.4) is 0 Å². The number of nitrogens with two attached hydrogens (primary N) is 1. The molecule has 1 amide bonds. The molecule has 1 aliphatic heterocycles. The summed E-state index contributed by atoms with van der Waals surface area (Å²) in [5, 5.41) is 2.85. The molecule has 0 atom stereocenters. The number of nitrogens with zero attached hydrogens (tertiary/aromatic N) is 1. The first-order chi connectivity index (χ1) is 9.00. The van der Waals surface area contributed by atoms with Crippen LogP contribution in [0.4, 0.5) is 0 Å². The van der Waals surface area contributed by atoms with E-state index in [0.717, 1.165) is 0 Å². The highest BCUT2D eigenvalue weighted by atomic mass is 32.2. The Balaban J connectivity index is 1.98. The van der Waals surface area contributed by atoms with E-state index in [-0.39, 0.29) is 30.0 Å². The number of carbonyl (C=O) groups excluding carboxylic acids is 1. The first kappa shape index (κ1) is 14.0. The Kier molecular flexibility index (Phi) is 4.16. The second-order valence-electron chi connectivity index (χ2n) is 4.64. The van der Waals surface area contributed by atoms with Gasteiger partial charge in [0, 0.05) is 24.3 Å². The van der Waals surface area contributed by atoms with Crippen molar-refractivity contribution in [3.8, 4) is 0 Å². The number of nitrogens with one attached hydrogen (secondary N) is 1. The molecule has 0 aliphatic carbocycles. The Morgan fingerprint density at radius 1 is 1.42 bits per heavy atom. The van der Waals surface area contributed by atoms with Gasteiger partial charge in [-0.2, -0.15) is 0 Å². The third kappa shape index (κ3) is 3.74. The van der Waals surface area contributed by atoms with Gasteiger partial charge in [0.2, 0.25) is 0 Å². The molecule has 0 bridgehead atoms. The van der Waals surface area contributed by atoms with Gasteiger partial charge in [-0.05, 0) is 25.0 Å². The van der Waals surface area contributed by atoms with E-state index < -0.39 is 9.84 Å². The van der Waals surface area contributed by atoms with Crippen LogP contribution in [-0.4, -0.2) is 36.9 Å². The van der Waals surface area contributed by atoms with Crippen LogP contribution in [0.15, 0.2) is 18.3 Å². The van der Waals surface area contributed by atoms with E-state index in [1.165, 1.54) is 0 Å². The van der Waals surface area contributed by atoms with Crippen LogP contribution in [0.1, 0.15) is 28.9 Å². The maximum Gasteiger partial charge on any atom is 0.251 e. The molecule has 2 heterocycles. The zero-order chi connectivity index (χ0) is 13.9. The predicted octanol–water partition coefficient (Wildman–Crippen LogP) is -0.153. The Labute approximate surface area is 112 Å². The maximum absolute atomic E-state index is 12.0. The van der Waals surface area contributed by atoms with Crippen LogP contribution in [0.25, 0.3) is 0 Å². The average molecular weight is 283 g/mol. The van der Waals surface area contributed by atoms with E-state index >= 15 is 0 Å². The molecule has 0 radical (unpaired) electrons. The van der Waals surface area contributed by atoms with Gasteiger partial charge in [-0.15, -0.1) is 0 Å². The number of rotatable bonds is 3. The summed E-state index contributed by atoms with van der Waals surface area (Å²) in [4.78, 5) is 16.0. The molecule has 0 unspecified atom stereocenters. The fourth-order valence-corrected chi connectivity index (χ4v) is 3.53. The number of hydrogen-bond acceptors (Lipinski definition) is 5. The summed E-state index contributed by atoms with van der Waals surface area (Å²) in [6, 6.07) is 3.19. The summed E-state index contributed by atoms with van der Waals surface area (Å²) < 4.78 is 22.6. The zero-order valence-corrected chi connectivity index (χ0v) is 11.3. The summed E-state index contributed by atoms with van der Waals surface area (Å²) >= 11 is 0. The van der Waals surface area contributed by atoms with Crippen molar-refractivity contribution in [2.75, 3.05) is 11.5 Å². The van der Waals surface area contributed by atoms with E-state index in [1.807, 2.05) is 0 Å². The van der Waals surface area contributed by atoms with Crippen molar-refractivity contribution in [3.63, 3.8) is 0 Å². The highest BCUT2D eigenvalue weighted by Crippen LogP contribution is 2.13. The maximum atomic E-state index is 12.0. The largest absolute Gasteiger partial charge is 0.349 e. The van der Waals surface area contributed by atoms with Gasteiger partial charge in [0.05, 0.1) is 17.2 Å². The topological polar surface area (TPSA) is 102 Å². The smallest absolute Gasteiger partial charge is 0.251 e. The summed E-state index contributed by atoms with van der Waals surface area (Å²) in [5.74, 6) is 0.0754. The van der Waals surface area contributed by atoms with Gasteiger partial charge in [0.1, 0.15) is 9.84 Å². The van der Waals surface area contributed by atoms with Gasteiger partial charge < -0.3 is 11.1 Å². The number of sulfone groups is 1. The SMILES string of the molecule is NCc1cc(C(=O)NC2CCS(=O)(=O)CC2)ccn1. The van der Waals surface area contributed by atoms with Gasteiger partial charge in [0.25, 0.3) is 5.91 Å². The van der Waals surface area contributed by atoms with Crippen LogP contribution < -0.4 is 11.1 Å². The fraction of sp³-hybridized carbons (Fsp3) is 0.500. The molecule has 3 N–H and O–H groups in total. The summed E-state index contributed by atoms with van der Waals surface area (Å²) in [5.41, 5.74) is 6.63. The van der Waals surface area contributed by atoms with Crippen LogP contribution in [0, 0.1) is 0 Å².